The number of benzene rings is 2. The van der Waals surface area contributed by atoms with Gasteiger partial charge in [-0.1, -0.05) is 12.1 Å². The molecule has 0 fully saturated rings. The summed E-state index contributed by atoms with van der Waals surface area (Å²) in [4.78, 5) is 12.8. The van der Waals surface area contributed by atoms with Gasteiger partial charge in [0.15, 0.2) is 11.0 Å². The van der Waals surface area contributed by atoms with E-state index in [1.165, 1.54) is 4.31 Å². The summed E-state index contributed by atoms with van der Waals surface area (Å²) in [5.41, 5.74) is 1.49. The van der Waals surface area contributed by atoms with E-state index >= 15 is 0 Å². The molecule has 3 rings (SSSR count). The van der Waals surface area contributed by atoms with Crippen molar-refractivity contribution in [3.8, 4) is 6.07 Å². The van der Waals surface area contributed by atoms with E-state index in [0.717, 1.165) is 0 Å². The molecule has 4 nitrogen and oxygen atoms in total. The van der Waals surface area contributed by atoms with Crippen molar-refractivity contribution in [2.24, 2.45) is 0 Å². The third kappa shape index (κ3) is 1.74. The molecule has 1 unspecified atom stereocenters. The zero-order valence-electron chi connectivity index (χ0n) is 9.74. The van der Waals surface area contributed by atoms with Gasteiger partial charge in [-0.05, 0) is 36.4 Å². The third-order valence-electron chi connectivity index (χ3n) is 2.89. The summed E-state index contributed by atoms with van der Waals surface area (Å²) in [5, 5.41) is 8.75. The lowest BCUT2D eigenvalue weighted by Crippen LogP contribution is -2.25. The van der Waals surface area contributed by atoms with E-state index in [4.69, 9.17) is 5.26 Å². The zero-order chi connectivity index (χ0) is 13.4. The lowest BCUT2D eigenvalue weighted by molar-refractivity contribution is 0.101. The first kappa shape index (κ1) is 11.6. The minimum atomic E-state index is -1.52. The summed E-state index contributed by atoms with van der Waals surface area (Å²) >= 11 is 0. The van der Waals surface area contributed by atoms with Gasteiger partial charge in [-0.2, -0.15) is 5.26 Å². The van der Waals surface area contributed by atoms with Crippen molar-refractivity contribution >= 4 is 22.6 Å². The van der Waals surface area contributed by atoms with Crippen molar-refractivity contribution in [2.75, 3.05) is 4.31 Å². The van der Waals surface area contributed by atoms with Crippen LogP contribution in [0, 0.1) is 11.3 Å². The summed E-state index contributed by atoms with van der Waals surface area (Å²) in [6.07, 6.45) is 0. The first-order chi connectivity index (χ1) is 9.22. The lowest BCUT2D eigenvalue weighted by atomic mass is 10.2. The van der Waals surface area contributed by atoms with Crippen LogP contribution in [0.3, 0.4) is 0 Å². The quantitative estimate of drug-likeness (QED) is 0.797. The Morgan fingerprint density at radius 3 is 2.37 bits per heavy atom. The molecular formula is C14H8N2O2S. The van der Waals surface area contributed by atoms with Gasteiger partial charge < -0.3 is 0 Å². The Morgan fingerprint density at radius 1 is 1.05 bits per heavy atom. The maximum Gasteiger partial charge on any atom is 0.271 e. The minimum Gasteiger partial charge on any atom is -0.268 e. The first-order valence-electron chi connectivity index (χ1n) is 5.58. The molecule has 0 bridgehead atoms. The predicted molar refractivity (Wildman–Crippen MR) is 70.8 cm³/mol. The van der Waals surface area contributed by atoms with Gasteiger partial charge in [0.2, 0.25) is 0 Å². The molecule has 0 aromatic heterocycles. The predicted octanol–water partition coefficient (Wildman–Crippen LogP) is 2.24. The van der Waals surface area contributed by atoms with Gasteiger partial charge >= 0.3 is 0 Å². The average Bonchev–Trinajstić information content (AvgIpc) is 2.72. The molecule has 0 spiro atoms. The summed E-state index contributed by atoms with van der Waals surface area (Å²) in [7, 11) is -1.52. The maximum atomic E-state index is 12.3. The van der Waals surface area contributed by atoms with E-state index in [9.17, 15) is 9.00 Å². The number of hydrogen-bond donors (Lipinski definition) is 0. The minimum absolute atomic E-state index is 0.279. The van der Waals surface area contributed by atoms with Crippen molar-refractivity contribution in [1.82, 2.24) is 0 Å². The molecule has 0 aliphatic carbocycles. The van der Waals surface area contributed by atoms with Crippen LogP contribution in [0.4, 0.5) is 5.69 Å². The fourth-order valence-corrected chi connectivity index (χ4v) is 3.26. The molecule has 0 N–H and O–H groups in total. The lowest BCUT2D eigenvalue weighted by Gasteiger charge is -2.13. The van der Waals surface area contributed by atoms with E-state index in [-0.39, 0.29) is 5.91 Å². The van der Waals surface area contributed by atoms with Crippen molar-refractivity contribution in [1.29, 1.82) is 5.26 Å². The Kier molecular flexibility index (Phi) is 2.65. The fraction of sp³-hybridized carbons (Fsp3) is 0. The van der Waals surface area contributed by atoms with E-state index in [1.807, 2.05) is 6.07 Å². The van der Waals surface area contributed by atoms with Crippen molar-refractivity contribution < 1.29 is 9.00 Å². The Bertz CT molecular complexity index is 697. The van der Waals surface area contributed by atoms with Gasteiger partial charge in [0.25, 0.3) is 5.91 Å². The largest absolute Gasteiger partial charge is 0.271 e. The molecule has 19 heavy (non-hydrogen) atoms. The van der Waals surface area contributed by atoms with Gasteiger partial charge in [-0.3, -0.25) is 4.79 Å². The van der Waals surface area contributed by atoms with Crippen molar-refractivity contribution in [3.05, 3.63) is 59.7 Å². The van der Waals surface area contributed by atoms with E-state index < -0.39 is 11.0 Å². The Balaban J connectivity index is 2.06. The molecule has 0 saturated heterocycles. The second kappa shape index (κ2) is 4.34. The van der Waals surface area contributed by atoms with Gasteiger partial charge in [-0.15, -0.1) is 0 Å². The second-order valence-corrected chi connectivity index (χ2v) is 5.31. The Morgan fingerprint density at radius 2 is 1.74 bits per heavy atom. The molecule has 2 aromatic rings. The second-order valence-electron chi connectivity index (χ2n) is 4.00. The highest BCUT2D eigenvalue weighted by molar-refractivity contribution is 7.88. The third-order valence-corrected chi connectivity index (χ3v) is 4.33. The monoisotopic (exact) mass is 268 g/mol. The molecule has 1 aliphatic rings. The van der Waals surface area contributed by atoms with Crippen LogP contribution in [0.15, 0.2) is 53.4 Å². The van der Waals surface area contributed by atoms with Crippen LogP contribution in [-0.2, 0) is 11.0 Å². The van der Waals surface area contributed by atoms with Crippen LogP contribution < -0.4 is 4.31 Å². The summed E-state index contributed by atoms with van der Waals surface area (Å²) < 4.78 is 13.6. The Labute approximate surface area is 112 Å². The van der Waals surface area contributed by atoms with Crippen LogP contribution in [0.25, 0.3) is 0 Å². The molecule has 1 atom stereocenters. The zero-order valence-corrected chi connectivity index (χ0v) is 10.6. The Hall–Kier alpha value is -2.45. The number of rotatable bonds is 1. The molecule has 1 heterocycles. The van der Waals surface area contributed by atoms with E-state index in [2.05, 4.69) is 0 Å². The van der Waals surface area contributed by atoms with Crippen LogP contribution in [0.5, 0.6) is 0 Å². The molecule has 5 heteroatoms. The van der Waals surface area contributed by atoms with Crippen LogP contribution in [-0.4, -0.2) is 10.1 Å². The molecule has 1 aliphatic heterocycles. The van der Waals surface area contributed by atoms with Gasteiger partial charge in [0.05, 0.1) is 27.8 Å². The van der Waals surface area contributed by atoms with Gasteiger partial charge in [-0.25, -0.2) is 8.51 Å². The van der Waals surface area contributed by atoms with Crippen LogP contribution in [0.2, 0.25) is 0 Å². The van der Waals surface area contributed by atoms with Gasteiger partial charge in [0, 0.05) is 0 Å². The van der Waals surface area contributed by atoms with E-state index in [0.29, 0.717) is 21.7 Å². The molecule has 1 amide bonds. The molecular weight excluding hydrogens is 260 g/mol. The maximum absolute atomic E-state index is 12.3. The fourth-order valence-electron chi connectivity index (χ4n) is 1.96. The average molecular weight is 268 g/mol. The van der Waals surface area contributed by atoms with E-state index in [1.54, 1.807) is 48.5 Å². The van der Waals surface area contributed by atoms with Crippen molar-refractivity contribution in [3.63, 3.8) is 0 Å². The van der Waals surface area contributed by atoms with Crippen LogP contribution in [0.1, 0.15) is 15.9 Å². The number of carbonyl (C=O) groups is 1. The summed E-state index contributed by atoms with van der Waals surface area (Å²) in [6.45, 7) is 0. The molecule has 0 saturated carbocycles. The first-order valence-corrected chi connectivity index (χ1v) is 6.68. The highest BCUT2D eigenvalue weighted by Crippen LogP contribution is 2.31. The highest BCUT2D eigenvalue weighted by atomic mass is 32.2. The summed E-state index contributed by atoms with van der Waals surface area (Å²) in [5.74, 6) is -0.279. The number of anilines is 1. The standard InChI is InChI=1S/C14H8N2O2S/c15-9-10-5-7-11(8-6-10)16-14(17)12-3-1-2-4-13(12)19(16)18/h1-8H. The topological polar surface area (TPSA) is 61.2 Å². The number of nitriles is 1. The number of carbonyl (C=O) groups excluding carboxylic acids is 1. The summed E-state index contributed by atoms with van der Waals surface area (Å²) in [6, 6.07) is 15.3. The smallest absolute Gasteiger partial charge is 0.268 e. The number of hydrogen-bond acceptors (Lipinski definition) is 3. The highest BCUT2D eigenvalue weighted by Gasteiger charge is 2.35. The molecule has 0 radical (unpaired) electrons. The molecule has 2 aromatic carbocycles. The number of fused-ring (bicyclic) bond motifs is 1. The number of nitrogens with zero attached hydrogens (tertiary/aromatic N) is 2. The molecule has 92 valence electrons. The van der Waals surface area contributed by atoms with Crippen molar-refractivity contribution in [2.45, 2.75) is 4.90 Å². The SMILES string of the molecule is N#Cc1ccc(N2C(=O)c3ccccc3S2=O)cc1. The van der Waals surface area contributed by atoms with Crippen LogP contribution >= 0.6 is 0 Å². The number of amides is 1. The van der Waals surface area contributed by atoms with Gasteiger partial charge in [0.1, 0.15) is 0 Å². The normalized spacial score (nSPS) is 17.1.